The average molecular weight is 382 g/mol. The van der Waals surface area contributed by atoms with E-state index in [1.807, 2.05) is 0 Å². The van der Waals surface area contributed by atoms with Crippen molar-refractivity contribution in [2.24, 2.45) is 0 Å². The van der Waals surface area contributed by atoms with Crippen molar-refractivity contribution in [1.82, 2.24) is 9.97 Å². The van der Waals surface area contributed by atoms with Gasteiger partial charge in [-0.2, -0.15) is 26.3 Å². The molecule has 0 aliphatic carbocycles. The van der Waals surface area contributed by atoms with Crippen LogP contribution < -0.4 is 0 Å². The highest BCUT2D eigenvalue weighted by Crippen LogP contribution is 2.36. The fourth-order valence-corrected chi connectivity index (χ4v) is 2.72. The third kappa shape index (κ3) is 4.27. The van der Waals surface area contributed by atoms with Crippen molar-refractivity contribution in [3.05, 3.63) is 95.1 Å². The van der Waals surface area contributed by atoms with Gasteiger partial charge in [0.25, 0.3) is 0 Å². The number of aromatic nitrogens is 2. The molecule has 3 rings (SSSR count). The summed E-state index contributed by atoms with van der Waals surface area (Å²) >= 11 is 0. The van der Waals surface area contributed by atoms with Crippen molar-refractivity contribution >= 4 is 0 Å². The van der Waals surface area contributed by atoms with E-state index >= 15 is 0 Å². The highest BCUT2D eigenvalue weighted by Gasteiger charge is 2.32. The molecule has 3 aromatic rings. The molecule has 0 aliphatic rings. The predicted molar refractivity (Wildman–Crippen MR) is 85.9 cm³/mol. The summed E-state index contributed by atoms with van der Waals surface area (Å²) in [6.07, 6.45) is -4.68. The number of nitrogens with zero attached hydrogens (tertiary/aromatic N) is 2. The van der Waals surface area contributed by atoms with Gasteiger partial charge in [0.05, 0.1) is 22.7 Å². The third-order valence-corrected chi connectivity index (χ3v) is 4.02. The monoisotopic (exact) mass is 382 g/mol. The molecule has 2 aromatic carbocycles. The molecule has 0 amide bonds. The van der Waals surface area contributed by atoms with Crippen molar-refractivity contribution in [3.63, 3.8) is 0 Å². The standard InChI is InChI=1S/C19H12F6N2/c20-18(21,22)14-5-1-12(2-6-14)17(16-11-26-9-10-27-16)13-3-7-15(8-4-13)19(23,24)25/h1-11,17H. The van der Waals surface area contributed by atoms with Gasteiger partial charge < -0.3 is 0 Å². The Kier molecular flexibility index (Phi) is 4.91. The van der Waals surface area contributed by atoms with E-state index in [4.69, 9.17) is 0 Å². The molecule has 1 aromatic heterocycles. The maximum atomic E-state index is 12.8. The van der Waals surface area contributed by atoms with Gasteiger partial charge in [-0.1, -0.05) is 24.3 Å². The maximum absolute atomic E-state index is 12.8. The van der Waals surface area contributed by atoms with Gasteiger partial charge in [0.1, 0.15) is 0 Å². The van der Waals surface area contributed by atoms with Crippen molar-refractivity contribution in [2.75, 3.05) is 0 Å². The number of benzene rings is 2. The van der Waals surface area contributed by atoms with Gasteiger partial charge in [0.2, 0.25) is 0 Å². The molecule has 8 heteroatoms. The largest absolute Gasteiger partial charge is 0.416 e. The van der Waals surface area contributed by atoms with Gasteiger partial charge in [-0.25, -0.2) is 0 Å². The molecule has 2 nitrogen and oxygen atoms in total. The minimum atomic E-state index is -4.48. The van der Waals surface area contributed by atoms with E-state index in [1.54, 1.807) is 0 Å². The summed E-state index contributed by atoms with van der Waals surface area (Å²) in [7, 11) is 0. The van der Waals surface area contributed by atoms with E-state index < -0.39 is 29.4 Å². The Morgan fingerprint density at radius 1 is 0.630 bits per heavy atom. The van der Waals surface area contributed by atoms with Crippen LogP contribution in [0.5, 0.6) is 0 Å². The van der Waals surface area contributed by atoms with Crippen LogP contribution in [0.1, 0.15) is 33.9 Å². The summed E-state index contributed by atoms with van der Waals surface area (Å²) in [4.78, 5) is 8.11. The summed E-state index contributed by atoms with van der Waals surface area (Å²) in [5, 5.41) is 0. The van der Waals surface area contributed by atoms with Gasteiger partial charge in [-0.3, -0.25) is 9.97 Å². The number of halogens is 6. The van der Waals surface area contributed by atoms with Gasteiger partial charge in [0, 0.05) is 18.6 Å². The molecule has 0 spiro atoms. The molecule has 0 atom stereocenters. The summed E-state index contributed by atoms with van der Waals surface area (Å²) in [5.41, 5.74) is -0.281. The van der Waals surface area contributed by atoms with Crippen LogP contribution in [0.3, 0.4) is 0 Å². The van der Waals surface area contributed by atoms with Crippen LogP contribution in [0.4, 0.5) is 26.3 Å². The molecule has 27 heavy (non-hydrogen) atoms. The Morgan fingerprint density at radius 2 is 1.07 bits per heavy atom. The summed E-state index contributed by atoms with van der Waals surface area (Å²) in [6.45, 7) is 0. The summed E-state index contributed by atoms with van der Waals surface area (Å²) < 4.78 is 76.8. The first-order valence-electron chi connectivity index (χ1n) is 7.76. The lowest BCUT2D eigenvalue weighted by molar-refractivity contribution is -0.138. The van der Waals surface area contributed by atoms with Crippen LogP contribution in [-0.4, -0.2) is 9.97 Å². The lowest BCUT2D eigenvalue weighted by atomic mass is 9.87. The van der Waals surface area contributed by atoms with Crippen LogP contribution in [0.2, 0.25) is 0 Å². The predicted octanol–water partition coefficient (Wildman–Crippen LogP) is 5.69. The minimum absolute atomic E-state index is 0.414. The second-order valence-electron chi connectivity index (χ2n) is 5.80. The second-order valence-corrected chi connectivity index (χ2v) is 5.80. The first kappa shape index (κ1) is 18.9. The molecular formula is C19H12F6N2. The first-order chi connectivity index (χ1) is 12.7. The lowest BCUT2D eigenvalue weighted by Gasteiger charge is -2.19. The third-order valence-electron chi connectivity index (χ3n) is 4.02. The summed E-state index contributed by atoms with van der Waals surface area (Å²) in [5.74, 6) is -0.650. The molecule has 0 radical (unpaired) electrons. The molecular weight excluding hydrogens is 370 g/mol. The molecule has 0 bridgehead atoms. The minimum Gasteiger partial charge on any atom is -0.261 e. The fraction of sp³-hybridized carbons (Fsp3) is 0.158. The Hall–Kier alpha value is -2.90. The highest BCUT2D eigenvalue weighted by atomic mass is 19.4. The van der Waals surface area contributed by atoms with E-state index in [1.165, 1.54) is 42.9 Å². The van der Waals surface area contributed by atoms with Crippen molar-refractivity contribution in [3.8, 4) is 0 Å². The van der Waals surface area contributed by atoms with Gasteiger partial charge >= 0.3 is 12.4 Å². The van der Waals surface area contributed by atoms with E-state index in [2.05, 4.69) is 9.97 Å². The van der Waals surface area contributed by atoms with Crippen LogP contribution in [0, 0.1) is 0 Å². The van der Waals surface area contributed by atoms with Gasteiger partial charge in [-0.05, 0) is 35.4 Å². The Morgan fingerprint density at radius 3 is 1.41 bits per heavy atom. The quantitative estimate of drug-likeness (QED) is 0.544. The fourth-order valence-electron chi connectivity index (χ4n) is 2.72. The lowest BCUT2D eigenvalue weighted by Crippen LogP contribution is -2.09. The van der Waals surface area contributed by atoms with E-state index in [9.17, 15) is 26.3 Å². The van der Waals surface area contributed by atoms with Gasteiger partial charge in [0.15, 0.2) is 0 Å². The Labute approximate surface area is 150 Å². The molecule has 0 saturated heterocycles. The van der Waals surface area contributed by atoms with Crippen LogP contribution in [0.15, 0.2) is 67.1 Å². The Bertz CT molecular complexity index is 827. The average Bonchev–Trinajstić information content (AvgIpc) is 2.62. The van der Waals surface area contributed by atoms with E-state index in [-0.39, 0.29) is 0 Å². The maximum Gasteiger partial charge on any atom is 0.416 e. The normalized spacial score (nSPS) is 12.4. The zero-order valence-corrected chi connectivity index (χ0v) is 13.6. The molecule has 0 unspecified atom stereocenters. The topological polar surface area (TPSA) is 25.8 Å². The van der Waals surface area contributed by atoms with Gasteiger partial charge in [-0.15, -0.1) is 0 Å². The number of hydrogen-bond donors (Lipinski definition) is 0. The van der Waals surface area contributed by atoms with Crippen molar-refractivity contribution in [1.29, 1.82) is 0 Å². The van der Waals surface area contributed by atoms with E-state index in [0.29, 0.717) is 16.8 Å². The number of rotatable bonds is 3. The highest BCUT2D eigenvalue weighted by molar-refractivity contribution is 5.42. The smallest absolute Gasteiger partial charge is 0.261 e. The summed E-state index contributed by atoms with van der Waals surface area (Å²) in [6, 6.07) is 8.90. The first-order valence-corrected chi connectivity index (χ1v) is 7.76. The number of alkyl halides is 6. The Balaban J connectivity index is 2.05. The number of hydrogen-bond acceptors (Lipinski definition) is 2. The van der Waals surface area contributed by atoms with Crippen molar-refractivity contribution < 1.29 is 26.3 Å². The molecule has 0 fully saturated rings. The molecule has 0 saturated carbocycles. The SMILES string of the molecule is FC(F)(F)c1ccc(C(c2ccc(C(F)(F)F)cc2)c2cnccn2)cc1. The molecule has 0 N–H and O–H groups in total. The zero-order chi connectivity index (χ0) is 19.7. The molecule has 140 valence electrons. The molecule has 0 aliphatic heterocycles. The second kappa shape index (κ2) is 7.02. The van der Waals surface area contributed by atoms with Crippen LogP contribution in [-0.2, 0) is 12.4 Å². The molecule has 1 heterocycles. The van der Waals surface area contributed by atoms with Crippen LogP contribution in [0.25, 0.3) is 0 Å². The zero-order valence-electron chi connectivity index (χ0n) is 13.6. The van der Waals surface area contributed by atoms with E-state index in [0.717, 1.165) is 24.3 Å². The van der Waals surface area contributed by atoms with Crippen molar-refractivity contribution in [2.45, 2.75) is 18.3 Å². The van der Waals surface area contributed by atoms with Crippen LogP contribution >= 0.6 is 0 Å².